The van der Waals surface area contributed by atoms with Gasteiger partial charge in [0.1, 0.15) is 11.8 Å². The molecule has 0 saturated heterocycles. The number of nitrogens with zero attached hydrogens (tertiary/aromatic N) is 1. The minimum atomic E-state index is -0.847. The Morgan fingerprint density at radius 1 is 1.30 bits per heavy atom. The first-order valence-electron chi connectivity index (χ1n) is 6.84. The monoisotopic (exact) mass is 333 g/mol. The van der Waals surface area contributed by atoms with E-state index >= 15 is 0 Å². The summed E-state index contributed by atoms with van der Waals surface area (Å²) in [6, 6.07) is 7.39. The van der Waals surface area contributed by atoms with Crippen molar-refractivity contribution in [3.05, 3.63) is 58.9 Å². The summed E-state index contributed by atoms with van der Waals surface area (Å²) in [7, 11) is 1.52. The van der Waals surface area contributed by atoms with E-state index in [0.29, 0.717) is 16.3 Å². The molecule has 120 valence electrons. The van der Waals surface area contributed by atoms with E-state index < -0.39 is 17.9 Å². The lowest BCUT2D eigenvalue weighted by molar-refractivity contribution is -0.119. The molecule has 0 bridgehead atoms. The number of amides is 2. The Labute approximate surface area is 138 Å². The van der Waals surface area contributed by atoms with Crippen LogP contribution >= 0.6 is 11.6 Å². The molecule has 0 aliphatic rings. The Balaban J connectivity index is 2.12. The van der Waals surface area contributed by atoms with Crippen LogP contribution in [0.1, 0.15) is 15.9 Å². The van der Waals surface area contributed by atoms with Crippen molar-refractivity contribution in [1.82, 2.24) is 10.3 Å². The number of ether oxygens (including phenoxy) is 1. The third-order valence-corrected chi connectivity index (χ3v) is 3.54. The molecule has 3 N–H and O–H groups in total. The minimum Gasteiger partial charge on any atom is -0.495 e. The molecule has 1 aromatic carbocycles. The van der Waals surface area contributed by atoms with Crippen molar-refractivity contribution < 1.29 is 14.3 Å². The number of primary amides is 1. The van der Waals surface area contributed by atoms with Crippen LogP contribution in [0.4, 0.5) is 0 Å². The lowest BCUT2D eigenvalue weighted by atomic mass is 10.0. The maximum Gasteiger partial charge on any atom is 0.252 e. The highest BCUT2D eigenvalue weighted by Crippen LogP contribution is 2.25. The highest BCUT2D eigenvalue weighted by Gasteiger charge is 2.20. The van der Waals surface area contributed by atoms with Crippen LogP contribution in [0.3, 0.4) is 0 Å². The zero-order chi connectivity index (χ0) is 16.8. The average Bonchev–Trinajstić information content (AvgIpc) is 2.55. The first-order valence-corrected chi connectivity index (χ1v) is 7.21. The van der Waals surface area contributed by atoms with Crippen LogP contribution < -0.4 is 15.8 Å². The lowest BCUT2D eigenvalue weighted by Crippen LogP contribution is -2.45. The number of benzene rings is 1. The summed E-state index contributed by atoms with van der Waals surface area (Å²) in [6.45, 7) is 0. The fourth-order valence-electron chi connectivity index (χ4n) is 2.04. The molecule has 2 rings (SSSR count). The van der Waals surface area contributed by atoms with E-state index in [-0.39, 0.29) is 6.42 Å². The fraction of sp³-hybridized carbons (Fsp3) is 0.188. The molecule has 0 unspecified atom stereocenters. The summed E-state index contributed by atoms with van der Waals surface area (Å²) >= 11 is 6.06. The molecule has 0 aliphatic carbocycles. The first-order chi connectivity index (χ1) is 11.0. The van der Waals surface area contributed by atoms with Crippen LogP contribution in [0, 0.1) is 0 Å². The smallest absolute Gasteiger partial charge is 0.252 e. The van der Waals surface area contributed by atoms with Gasteiger partial charge in [0.05, 0.1) is 12.1 Å². The van der Waals surface area contributed by atoms with E-state index in [1.54, 1.807) is 30.3 Å². The predicted octanol–water partition coefficient (Wildman–Crippen LogP) is 1.57. The van der Waals surface area contributed by atoms with Crippen molar-refractivity contribution in [2.45, 2.75) is 12.5 Å². The molecule has 0 aliphatic heterocycles. The summed E-state index contributed by atoms with van der Waals surface area (Å²) in [4.78, 5) is 27.6. The summed E-state index contributed by atoms with van der Waals surface area (Å²) in [6.07, 6.45) is 3.23. The Kier molecular flexibility index (Phi) is 5.54. The second kappa shape index (κ2) is 7.60. The van der Waals surface area contributed by atoms with Gasteiger partial charge in [0.25, 0.3) is 5.91 Å². The maximum atomic E-state index is 12.1. The van der Waals surface area contributed by atoms with Gasteiger partial charge in [-0.25, -0.2) is 0 Å². The Morgan fingerprint density at radius 3 is 2.57 bits per heavy atom. The molecule has 0 saturated carbocycles. The molecule has 2 amide bonds. The number of hydrogen-bond acceptors (Lipinski definition) is 4. The average molecular weight is 334 g/mol. The van der Waals surface area contributed by atoms with Crippen LogP contribution in [0.5, 0.6) is 5.75 Å². The molecule has 2 aromatic rings. The SMILES string of the molecule is COc1ccc(C[C@H](NC(=O)c2ccncc2)C(N)=O)cc1Cl. The van der Waals surface area contributed by atoms with E-state index in [1.807, 2.05) is 0 Å². The van der Waals surface area contributed by atoms with Gasteiger partial charge >= 0.3 is 0 Å². The van der Waals surface area contributed by atoms with Gasteiger partial charge in [-0.15, -0.1) is 0 Å². The molecule has 1 heterocycles. The molecule has 7 heteroatoms. The second-order valence-corrected chi connectivity index (χ2v) is 5.24. The number of pyridine rings is 1. The van der Waals surface area contributed by atoms with Crippen molar-refractivity contribution in [3.63, 3.8) is 0 Å². The Bertz CT molecular complexity index is 707. The zero-order valence-electron chi connectivity index (χ0n) is 12.5. The van der Waals surface area contributed by atoms with E-state index in [1.165, 1.54) is 19.5 Å². The number of nitrogens with one attached hydrogen (secondary N) is 1. The van der Waals surface area contributed by atoms with Gasteiger partial charge in [0.2, 0.25) is 5.91 Å². The van der Waals surface area contributed by atoms with Crippen LogP contribution in [0.15, 0.2) is 42.7 Å². The maximum absolute atomic E-state index is 12.1. The van der Waals surface area contributed by atoms with Gasteiger partial charge in [0, 0.05) is 24.4 Å². The topological polar surface area (TPSA) is 94.3 Å². The number of rotatable bonds is 6. The van der Waals surface area contributed by atoms with Gasteiger partial charge in [-0.1, -0.05) is 17.7 Å². The number of methoxy groups -OCH3 is 1. The third kappa shape index (κ3) is 4.43. The quantitative estimate of drug-likeness (QED) is 0.839. The molecule has 23 heavy (non-hydrogen) atoms. The van der Waals surface area contributed by atoms with Gasteiger partial charge in [-0.3, -0.25) is 14.6 Å². The minimum absolute atomic E-state index is 0.232. The number of carbonyl (C=O) groups is 2. The Hall–Kier alpha value is -2.60. The van der Waals surface area contributed by atoms with E-state index in [9.17, 15) is 9.59 Å². The van der Waals surface area contributed by atoms with E-state index in [2.05, 4.69) is 10.3 Å². The lowest BCUT2D eigenvalue weighted by Gasteiger charge is -2.16. The highest BCUT2D eigenvalue weighted by molar-refractivity contribution is 6.32. The normalized spacial score (nSPS) is 11.6. The number of carbonyl (C=O) groups excluding carboxylic acids is 2. The molecule has 1 aromatic heterocycles. The van der Waals surface area contributed by atoms with Crippen molar-refractivity contribution in [2.24, 2.45) is 5.73 Å². The van der Waals surface area contributed by atoms with Gasteiger partial charge in [-0.2, -0.15) is 0 Å². The molecule has 1 atom stereocenters. The summed E-state index contributed by atoms with van der Waals surface area (Å²) in [5, 5.41) is 3.04. The molecule has 6 nitrogen and oxygen atoms in total. The molecular formula is C16H16ClN3O3. The van der Waals surface area contributed by atoms with Gasteiger partial charge in [-0.05, 0) is 29.8 Å². The van der Waals surface area contributed by atoms with Crippen LogP contribution in [-0.2, 0) is 11.2 Å². The summed E-state index contributed by atoms with van der Waals surface area (Å²) < 4.78 is 5.08. The largest absolute Gasteiger partial charge is 0.495 e. The molecule has 0 radical (unpaired) electrons. The summed E-state index contributed by atoms with van der Waals surface area (Å²) in [5.41, 5.74) is 6.54. The van der Waals surface area contributed by atoms with Crippen LogP contribution in [0.2, 0.25) is 5.02 Å². The number of nitrogens with two attached hydrogens (primary N) is 1. The Morgan fingerprint density at radius 2 is 2.00 bits per heavy atom. The van der Waals surface area contributed by atoms with Crippen molar-refractivity contribution in [1.29, 1.82) is 0 Å². The fourth-order valence-corrected chi connectivity index (χ4v) is 2.32. The van der Waals surface area contributed by atoms with Crippen molar-refractivity contribution >= 4 is 23.4 Å². The molecular weight excluding hydrogens is 318 g/mol. The second-order valence-electron chi connectivity index (χ2n) is 4.84. The summed E-state index contributed by atoms with van der Waals surface area (Å²) in [5.74, 6) is -0.484. The number of hydrogen-bond donors (Lipinski definition) is 2. The first kappa shape index (κ1) is 16.8. The zero-order valence-corrected chi connectivity index (χ0v) is 13.2. The molecule has 0 spiro atoms. The highest BCUT2D eigenvalue weighted by atomic mass is 35.5. The van der Waals surface area contributed by atoms with Crippen LogP contribution in [0.25, 0.3) is 0 Å². The van der Waals surface area contributed by atoms with E-state index in [4.69, 9.17) is 22.1 Å². The van der Waals surface area contributed by atoms with Crippen molar-refractivity contribution in [2.75, 3.05) is 7.11 Å². The van der Waals surface area contributed by atoms with Gasteiger partial charge in [0.15, 0.2) is 0 Å². The van der Waals surface area contributed by atoms with Gasteiger partial charge < -0.3 is 15.8 Å². The van der Waals surface area contributed by atoms with E-state index in [0.717, 1.165) is 5.56 Å². The number of halogens is 1. The van der Waals surface area contributed by atoms with Crippen LogP contribution in [-0.4, -0.2) is 29.9 Å². The number of aromatic nitrogens is 1. The third-order valence-electron chi connectivity index (χ3n) is 3.25. The standard InChI is InChI=1S/C16H16ClN3O3/c1-23-14-3-2-10(8-12(14)17)9-13(15(18)21)20-16(22)11-4-6-19-7-5-11/h2-8,13H,9H2,1H3,(H2,18,21)(H,20,22)/t13-/m0/s1. The predicted molar refractivity (Wildman–Crippen MR) is 86.4 cm³/mol. The van der Waals surface area contributed by atoms with Crippen molar-refractivity contribution in [3.8, 4) is 5.75 Å². The molecule has 0 fully saturated rings.